The van der Waals surface area contributed by atoms with E-state index in [0.29, 0.717) is 26.0 Å². The molecule has 0 saturated carbocycles. The van der Waals surface area contributed by atoms with Crippen LogP contribution in [0.2, 0.25) is 0 Å². The quantitative estimate of drug-likeness (QED) is 0.608. The number of terminal acetylenes is 1. The zero-order valence-corrected chi connectivity index (χ0v) is 17.8. The molecule has 0 bridgehead atoms. The summed E-state index contributed by atoms with van der Waals surface area (Å²) in [6.45, 7) is 2.86. The molecule has 1 amide bonds. The lowest BCUT2D eigenvalue weighted by Gasteiger charge is -2.37. The highest BCUT2D eigenvalue weighted by Crippen LogP contribution is 2.39. The molecule has 0 aromatic heterocycles. The predicted octanol–water partition coefficient (Wildman–Crippen LogP) is 3.73. The fourth-order valence-corrected chi connectivity index (χ4v) is 3.81. The van der Waals surface area contributed by atoms with Crippen molar-refractivity contribution in [1.82, 2.24) is 5.32 Å². The van der Waals surface area contributed by atoms with Crippen molar-refractivity contribution in [2.75, 3.05) is 13.2 Å². The molecular formula is C26H29NO4. The molecule has 5 nitrogen and oxygen atoms in total. The minimum atomic E-state index is -0.573. The average Bonchev–Trinajstić information content (AvgIpc) is 2.82. The minimum Gasteiger partial charge on any atom is -0.459 e. The van der Waals surface area contributed by atoms with Crippen LogP contribution in [-0.2, 0) is 20.8 Å². The Labute approximate surface area is 184 Å². The third kappa shape index (κ3) is 5.97. The van der Waals surface area contributed by atoms with Gasteiger partial charge >= 0.3 is 0 Å². The fraction of sp³-hybridized carbons (Fsp3) is 0.346. The van der Waals surface area contributed by atoms with E-state index in [2.05, 4.69) is 11.2 Å². The lowest BCUT2D eigenvalue weighted by atomic mass is 9.80. The van der Waals surface area contributed by atoms with Crippen LogP contribution >= 0.6 is 0 Å². The minimum absolute atomic E-state index is 0.0329. The van der Waals surface area contributed by atoms with Crippen LogP contribution in [0.15, 0.2) is 66.4 Å². The van der Waals surface area contributed by atoms with Crippen molar-refractivity contribution < 1.29 is 19.4 Å². The molecule has 0 unspecified atom stereocenters. The number of ether oxygens (including phenoxy) is 2. The number of aliphatic hydroxyl groups excluding tert-OH is 1. The van der Waals surface area contributed by atoms with Gasteiger partial charge in [-0.15, -0.1) is 6.42 Å². The zero-order valence-electron chi connectivity index (χ0n) is 17.8. The summed E-state index contributed by atoms with van der Waals surface area (Å²) in [6.07, 6.45) is 8.12. The van der Waals surface area contributed by atoms with E-state index in [-0.39, 0.29) is 30.1 Å². The highest BCUT2D eigenvalue weighted by Gasteiger charge is 2.37. The smallest absolute Gasteiger partial charge is 0.286 e. The van der Waals surface area contributed by atoms with Crippen LogP contribution in [0, 0.1) is 18.3 Å². The van der Waals surface area contributed by atoms with Crippen LogP contribution < -0.4 is 5.32 Å². The first-order chi connectivity index (χ1) is 15.2. The van der Waals surface area contributed by atoms with Gasteiger partial charge in [-0.25, -0.2) is 0 Å². The van der Waals surface area contributed by atoms with Crippen LogP contribution in [-0.4, -0.2) is 30.5 Å². The second-order valence-corrected chi connectivity index (χ2v) is 7.46. The molecule has 3 atom stereocenters. The molecule has 31 heavy (non-hydrogen) atoms. The highest BCUT2D eigenvalue weighted by molar-refractivity contribution is 5.91. The Balaban J connectivity index is 1.87. The van der Waals surface area contributed by atoms with Crippen molar-refractivity contribution >= 4 is 5.91 Å². The Kier molecular flexibility index (Phi) is 8.28. The van der Waals surface area contributed by atoms with Crippen molar-refractivity contribution in [2.24, 2.45) is 5.92 Å². The van der Waals surface area contributed by atoms with Crippen molar-refractivity contribution in [1.29, 1.82) is 0 Å². The Bertz CT molecular complexity index is 915. The maximum atomic E-state index is 12.9. The molecule has 0 fully saturated rings. The summed E-state index contributed by atoms with van der Waals surface area (Å²) in [5, 5.41) is 12.3. The maximum Gasteiger partial charge on any atom is 0.286 e. The van der Waals surface area contributed by atoms with E-state index in [0.717, 1.165) is 16.7 Å². The summed E-state index contributed by atoms with van der Waals surface area (Å²) in [7, 11) is 0. The third-order valence-electron chi connectivity index (χ3n) is 5.39. The second-order valence-electron chi connectivity index (χ2n) is 7.46. The van der Waals surface area contributed by atoms with Crippen molar-refractivity contribution in [2.45, 2.75) is 38.5 Å². The maximum absolute atomic E-state index is 12.9. The summed E-state index contributed by atoms with van der Waals surface area (Å²) in [5.41, 5.74) is 2.84. The number of allylic oxidation sites excluding steroid dienone is 1. The molecule has 2 aromatic rings. The number of carbonyl (C=O) groups is 1. The van der Waals surface area contributed by atoms with Gasteiger partial charge in [0.1, 0.15) is 0 Å². The van der Waals surface area contributed by atoms with Gasteiger partial charge in [-0.3, -0.25) is 4.79 Å². The molecular weight excluding hydrogens is 390 g/mol. The lowest BCUT2D eigenvalue weighted by Crippen LogP contribution is -2.39. The van der Waals surface area contributed by atoms with Gasteiger partial charge in [-0.2, -0.15) is 0 Å². The fourth-order valence-electron chi connectivity index (χ4n) is 3.81. The zero-order chi connectivity index (χ0) is 22.1. The van der Waals surface area contributed by atoms with Gasteiger partial charge in [-0.1, -0.05) is 48.4 Å². The second kappa shape index (κ2) is 11.4. The highest BCUT2D eigenvalue weighted by atomic mass is 16.7. The summed E-state index contributed by atoms with van der Waals surface area (Å²) in [4.78, 5) is 12.9. The Hall–Kier alpha value is -3.07. The van der Waals surface area contributed by atoms with Gasteiger partial charge in [-0.05, 0) is 49.1 Å². The van der Waals surface area contributed by atoms with E-state index in [1.807, 2.05) is 67.6 Å². The lowest BCUT2D eigenvalue weighted by molar-refractivity contribution is -0.166. The molecule has 162 valence electrons. The number of hydrogen-bond donors (Lipinski definition) is 2. The monoisotopic (exact) mass is 419 g/mol. The SMILES string of the molecule is C#Cc1ccc([C@@H]2C=C(C(=O)NCc3ccccc3)O[C@H](OCC)[C@@H]2CCCO)cc1. The van der Waals surface area contributed by atoms with Gasteiger partial charge in [0.15, 0.2) is 5.76 Å². The summed E-state index contributed by atoms with van der Waals surface area (Å²) in [6, 6.07) is 17.5. The summed E-state index contributed by atoms with van der Waals surface area (Å²) in [5.74, 6) is 2.47. The molecule has 0 radical (unpaired) electrons. The van der Waals surface area contributed by atoms with Crippen molar-refractivity contribution in [3.63, 3.8) is 0 Å². The van der Waals surface area contributed by atoms with Crippen LogP contribution in [0.3, 0.4) is 0 Å². The first kappa shape index (κ1) is 22.6. The van der Waals surface area contributed by atoms with E-state index < -0.39 is 6.29 Å². The number of nitrogens with one attached hydrogen (secondary N) is 1. The topological polar surface area (TPSA) is 67.8 Å². The average molecular weight is 420 g/mol. The number of amides is 1. The molecule has 0 spiro atoms. The van der Waals surface area contributed by atoms with Gasteiger partial charge < -0.3 is 19.9 Å². The number of benzene rings is 2. The molecule has 5 heteroatoms. The molecule has 1 aliphatic heterocycles. The van der Waals surface area contributed by atoms with Gasteiger partial charge in [0, 0.05) is 37.2 Å². The molecule has 0 saturated heterocycles. The Morgan fingerprint density at radius 1 is 1.19 bits per heavy atom. The largest absolute Gasteiger partial charge is 0.459 e. The first-order valence-electron chi connectivity index (χ1n) is 10.7. The number of rotatable bonds is 9. The molecule has 1 heterocycles. The number of hydrogen-bond acceptors (Lipinski definition) is 4. The first-order valence-corrected chi connectivity index (χ1v) is 10.7. The molecule has 0 aliphatic carbocycles. The molecule has 2 N–H and O–H groups in total. The predicted molar refractivity (Wildman–Crippen MR) is 120 cm³/mol. The van der Waals surface area contributed by atoms with Crippen LogP contribution in [0.1, 0.15) is 42.4 Å². The van der Waals surface area contributed by atoms with E-state index in [4.69, 9.17) is 15.9 Å². The van der Waals surface area contributed by atoms with E-state index in [1.165, 1.54) is 0 Å². The van der Waals surface area contributed by atoms with Gasteiger partial charge in [0.2, 0.25) is 6.29 Å². The molecule has 1 aliphatic rings. The Morgan fingerprint density at radius 2 is 1.94 bits per heavy atom. The van der Waals surface area contributed by atoms with E-state index in [1.54, 1.807) is 0 Å². The van der Waals surface area contributed by atoms with Crippen molar-refractivity contribution in [3.8, 4) is 12.3 Å². The van der Waals surface area contributed by atoms with Gasteiger partial charge in [0.05, 0.1) is 0 Å². The van der Waals surface area contributed by atoms with Crippen LogP contribution in [0.4, 0.5) is 0 Å². The number of carbonyl (C=O) groups excluding carboxylic acids is 1. The standard InChI is InChI=1S/C26H29NO4/c1-3-19-12-14-21(15-13-19)23-17-24(25(29)27-18-20-9-6-5-7-10-20)31-26(30-4-2)22(23)11-8-16-28/h1,5-7,9-10,12-15,17,22-23,26,28H,4,8,11,16,18H2,2H3,(H,27,29)/t22-,23+,26+/m1/s1. The molecule has 2 aromatic carbocycles. The summed E-state index contributed by atoms with van der Waals surface area (Å²) >= 11 is 0. The van der Waals surface area contributed by atoms with Crippen LogP contribution in [0.25, 0.3) is 0 Å². The number of aliphatic hydroxyl groups is 1. The summed E-state index contributed by atoms with van der Waals surface area (Å²) < 4.78 is 11.9. The van der Waals surface area contributed by atoms with Gasteiger partial charge in [0.25, 0.3) is 5.91 Å². The van der Waals surface area contributed by atoms with E-state index in [9.17, 15) is 9.90 Å². The van der Waals surface area contributed by atoms with Crippen LogP contribution in [0.5, 0.6) is 0 Å². The van der Waals surface area contributed by atoms with Crippen molar-refractivity contribution in [3.05, 3.63) is 83.1 Å². The van der Waals surface area contributed by atoms with E-state index >= 15 is 0 Å². The third-order valence-corrected chi connectivity index (χ3v) is 5.39. The Morgan fingerprint density at radius 3 is 2.58 bits per heavy atom. The normalized spacial score (nSPS) is 20.3. The molecule has 3 rings (SSSR count).